The van der Waals surface area contributed by atoms with Crippen LogP contribution in [-0.2, 0) is 14.3 Å². The van der Waals surface area contributed by atoms with Crippen molar-refractivity contribution in [3.05, 3.63) is 0 Å². The minimum atomic E-state index is -0.404. The highest BCUT2D eigenvalue weighted by molar-refractivity contribution is 5.74. The zero-order valence-corrected chi connectivity index (χ0v) is 5.92. The van der Waals surface area contributed by atoms with Crippen LogP contribution in [-0.4, -0.2) is 38.9 Å². The molecule has 0 saturated carbocycles. The van der Waals surface area contributed by atoms with E-state index in [1.165, 1.54) is 7.11 Å². The molecular formula is C6H11NO3. The van der Waals surface area contributed by atoms with Crippen LogP contribution in [0.4, 0.5) is 0 Å². The maximum absolute atomic E-state index is 10.8. The average molecular weight is 145 g/mol. The van der Waals surface area contributed by atoms with E-state index in [1.807, 2.05) is 0 Å². The number of ether oxygens (including phenoxy) is 2. The van der Waals surface area contributed by atoms with Gasteiger partial charge in [0.05, 0.1) is 13.7 Å². The molecule has 0 aromatic rings. The van der Waals surface area contributed by atoms with E-state index in [2.05, 4.69) is 10.1 Å². The van der Waals surface area contributed by atoms with Crippen LogP contribution in [0.1, 0.15) is 0 Å². The van der Waals surface area contributed by atoms with Crippen LogP contribution < -0.4 is 5.32 Å². The van der Waals surface area contributed by atoms with Crippen molar-refractivity contribution in [2.45, 2.75) is 6.10 Å². The highest BCUT2D eigenvalue weighted by atomic mass is 16.6. The van der Waals surface area contributed by atoms with E-state index in [9.17, 15) is 4.79 Å². The maximum Gasteiger partial charge on any atom is 0.336 e. The van der Waals surface area contributed by atoms with Crippen LogP contribution in [0, 0.1) is 0 Å². The van der Waals surface area contributed by atoms with Gasteiger partial charge in [0.15, 0.2) is 6.10 Å². The van der Waals surface area contributed by atoms with E-state index in [4.69, 9.17) is 4.74 Å². The Morgan fingerprint density at radius 1 is 1.80 bits per heavy atom. The van der Waals surface area contributed by atoms with Gasteiger partial charge in [-0.2, -0.15) is 0 Å². The fourth-order valence-corrected chi connectivity index (χ4v) is 0.848. The number of esters is 1. The van der Waals surface area contributed by atoms with Crippen molar-refractivity contribution >= 4 is 5.97 Å². The van der Waals surface area contributed by atoms with Crippen molar-refractivity contribution in [1.29, 1.82) is 0 Å². The van der Waals surface area contributed by atoms with Crippen LogP contribution >= 0.6 is 0 Å². The molecule has 4 nitrogen and oxygen atoms in total. The van der Waals surface area contributed by atoms with Crippen molar-refractivity contribution in [3.63, 3.8) is 0 Å². The molecule has 1 aliphatic heterocycles. The summed E-state index contributed by atoms with van der Waals surface area (Å²) in [6.07, 6.45) is -0.404. The molecule has 0 bridgehead atoms. The number of nitrogens with one attached hydrogen (secondary N) is 1. The number of morpholine rings is 1. The Balaban J connectivity index is 2.31. The monoisotopic (exact) mass is 145 g/mol. The van der Waals surface area contributed by atoms with E-state index >= 15 is 0 Å². The van der Waals surface area contributed by atoms with Gasteiger partial charge in [0.25, 0.3) is 0 Å². The van der Waals surface area contributed by atoms with E-state index in [0.29, 0.717) is 13.2 Å². The third-order valence-electron chi connectivity index (χ3n) is 1.39. The molecule has 0 aromatic carbocycles. The first-order valence-corrected chi connectivity index (χ1v) is 3.24. The molecule has 1 atom stereocenters. The lowest BCUT2D eigenvalue weighted by Gasteiger charge is -2.20. The van der Waals surface area contributed by atoms with Crippen molar-refractivity contribution < 1.29 is 14.3 Å². The van der Waals surface area contributed by atoms with Gasteiger partial charge >= 0.3 is 5.97 Å². The third-order valence-corrected chi connectivity index (χ3v) is 1.39. The van der Waals surface area contributed by atoms with Crippen LogP contribution in [0.3, 0.4) is 0 Å². The van der Waals surface area contributed by atoms with Gasteiger partial charge in [0.1, 0.15) is 0 Å². The number of methoxy groups -OCH3 is 1. The van der Waals surface area contributed by atoms with Crippen molar-refractivity contribution in [2.24, 2.45) is 0 Å². The summed E-state index contributed by atoms with van der Waals surface area (Å²) >= 11 is 0. The predicted octanol–water partition coefficient (Wildman–Crippen LogP) is -0.852. The molecule has 0 spiro atoms. The summed E-state index contributed by atoms with van der Waals surface area (Å²) in [4.78, 5) is 10.8. The molecule has 0 aliphatic carbocycles. The van der Waals surface area contributed by atoms with Gasteiger partial charge in [0.2, 0.25) is 0 Å². The fourth-order valence-electron chi connectivity index (χ4n) is 0.848. The first-order chi connectivity index (χ1) is 4.84. The molecule has 10 heavy (non-hydrogen) atoms. The number of hydrogen-bond donors (Lipinski definition) is 1. The Morgan fingerprint density at radius 2 is 2.60 bits per heavy atom. The van der Waals surface area contributed by atoms with E-state index < -0.39 is 6.10 Å². The van der Waals surface area contributed by atoms with E-state index in [-0.39, 0.29) is 5.97 Å². The van der Waals surface area contributed by atoms with Crippen molar-refractivity contribution in [3.8, 4) is 0 Å². The number of rotatable bonds is 1. The molecule has 1 unspecified atom stereocenters. The molecule has 58 valence electrons. The summed E-state index contributed by atoms with van der Waals surface area (Å²) in [5.41, 5.74) is 0. The predicted molar refractivity (Wildman–Crippen MR) is 34.6 cm³/mol. The number of carbonyl (C=O) groups excluding carboxylic acids is 1. The lowest BCUT2D eigenvalue weighted by atomic mass is 10.3. The molecule has 4 heteroatoms. The van der Waals surface area contributed by atoms with Gasteiger partial charge in [-0.25, -0.2) is 4.79 Å². The molecule has 0 radical (unpaired) electrons. The lowest BCUT2D eigenvalue weighted by molar-refractivity contribution is -0.155. The number of hydrogen-bond acceptors (Lipinski definition) is 4. The van der Waals surface area contributed by atoms with Crippen LogP contribution in [0.2, 0.25) is 0 Å². The van der Waals surface area contributed by atoms with Crippen LogP contribution in [0.5, 0.6) is 0 Å². The van der Waals surface area contributed by atoms with Crippen molar-refractivity contribution in [1.82, 2.24) is 5.32 Å². The lowest BCUT2D eigenvalue weighted by Crippen LogP contribution is -2.43. The smallest absolute Gasteiger partial charge is 0.336 e. The first kappa shape index (κ1) is 7.50. The van der Waals surface area contributed by atoms with Gasteiger partial charge in [-0.1, -0.05) is 0 Å². The second kappa shape index (κ2) is 3.53. The summed E-state index contributed by atoms with van der Waals surface area (Å²) in [6.45, 7) is 1.96. The normalized spacial score (nSPS) is 25.9. The molecule has 1 N–H and O–H groups in total. The van der Waals surface area contributed by atoms with Gasteiger partial charge in [-0.3, -0.25) is 0 Å². The molecular weight excluding hydrogens is 134 g/mol. The minimum absolute atomic E-state index is 0.299. The topological polar surface area (TPSA) is 47.6 Å². The van der Waals surface area contributed by atoms with E-state index in [0.717, 1.165) is 6.54 Å². The van der Waals surface area contributed by atoms with Gasteiger partial charge in [0, 0.05) is 13.1 Å². The van der Waals surface area contributed by atoms with Crippen molar-refractivity contribution in [2.75, 3.05) is 26.8 Å². The van der Waals surface area contributed by atoms with Gasteiger partial charge < -0.3 is 14.8 Å². The highest BCUT2D eigenvalue weighted by Gasteiger charge is 2.21. The molecule has 1 fully saturated rings. The second-order valence-corrected chi connectivity index (χ2v) is 2.09. The Labute approximate surface area is 59.5 Å². The Morgan fingerprint density at radius 3 is 3.10 bits per heavy atom. The highest BCUT2D eigenvalue weighted by Crippen LogP contribution is 1.96. The molecule has 1 heterocycles. The first-order valence-electron chi connectivity index (χ1n) is 3.24. The molecule has 1 rings (SSSR count). The van der Waals surface area contributed by atoms with Gasteiger partial charge in [-0.05, 0) is 0 Å². The molecule has 1 aliphatic rings. The minimum Gasteiger partial charge on any atom is -0.467 e. The molecule has 1 saturated heterocycles. The molecule has 0 aromatic heterocycles. The quantitative estimate of drug-likeness (QED) is 0.488. The summed E-state index contributed by atoms with van der Waals surface area (Å²) in [6, 6.07) is 0. The number of carbonyl (C=O) groups is 1. The van der Waals surface area contributed by atoms with Crippen LogP contribution in [0.15, 0.2) is 0 Å². The van der Waals surface area contributed by atoms with Crippen LogP contribution in [0.25, 0.3) is 0 Å². The Bertz CT molecular complexity index is 120. The Kier molecular flexibility index (Phi) is 2.65. The molecule has 0 amide bonds. The third kappa shape index (κ3) is 1.68. The summed E-state index contributed by atoms with van der Waals surface area (Å²) in [5, 5.41) is 3.02. The van der Waals surface area contributed by atoms with E-state index in [1.54, 1.807) is 0 Å². The Hall–Kier alpha value is -0.610. The summed E-state index contributed by atoms with van der Waals surface area (Å²) in [7, 11) is 1.36. The average Bonchev–Trinajstić information content (AvgIpc) is 2.05. The zero-order chi connectivity index (χ0) is 7.40. The zero-order valence-electron chi connectivity index (χ0n) is 5.92. The van der Waals surface area contributed by atoms with Gasteiger partial charge in [-0.15, -0.1) is 0 Å². The second-order valence-electron chi connectivity index (χ2n) is 2.09. The SMILES string of the molecule is COC(=O)C1CNCCO1. The fraction of sp³-hybridized carbons (Fsp3) is 0.833. The largest absolute Gasteiger partial charge is 0.467 e. The summed E-state index contributed by atoms with van der Waals surface area (Å²) < 4.78 is 9.58. The standard InChI is InChI=1S/C6H11NO3/c1-9-6(8)5-4-7-2-3-10-5/h5,7H,2-4H2,1H3. The summed E-state index contributed by atoms with van der Waals surface area (Å²) in [5.74, 6) is -0.299. The maximum atomic E-state index is 10.8.